The molecule has 0 amide bonds. The number of hydrogen-bond acceptors (Lipinski definition) is 6. The van der Waals surface area contributed by atoms with Crippen LogP contribution in [0.3, 0.4) is 0 Å². The van der Waals surface area contributed by atoms with Crippen molar-refractivity contribution in [2.24, 2.45) is 0 Å². The molecule has 0 bridgehead atoms. The van der Waals surface area contributed by atoms with E-state index in [0.717, 1.165) is 56.7 Å². The Labute approximate surface area is 203 Å². The van der Waals surface area contributed by atoms with Crippen LogP contribution in [0.25, 0.3) is 0 Å². The first-order valence-electron chi connectivity index (χ1n) is 12.4. The van der Waals surface area contributed by atoms with Gasteiger partial charge in [0.05, 0.1) is 0 Å². The number of hydrogen-bond donors (Lipinski definition) is 0. The van der Waals surface area contributed by atoms with Crippen LogP contribution in [-0.2, 0) is 0 Å². The zero-order valence-corrected chi connectivity index (χ0v) is 20.5. The zero-order valence-electron chi connectivity index (χ0n) is 20.5. The van der Waals surface area contributed by atoms with Crippen LogP contribution in [0.5, 0.6) is 11.5 Å². The fourth-order valence-corrected chi connectivity index (χ4v) is 4.39. The van der Waals surface area contributed by atoms with Crippen molar-refractivity contribution in [2.45, 2.75) is 50.7 Å². The molecule has 2 atom stereocenters. The van der Waals surface area contributed by atoms with E-state index in [1.807, 2.05) is 24.3 Å². The Balaban J connectivity index is 0.000000191. The predicted molar refractivity (Wildman–Crippen MR) is 135 cm³/mol. The smallest absolute Gasteiger partial charge is 0.150 e. The van der Waals surface area contributed by atoms with Gasteiger partial charge in [0, 0.05) is 23.7 Å². The first-order chi connectivity index (χ1) is 16.6. The van der Waals surface area contributed by atoms with Gasteiger partial charge in [0.15, 0.2) is 0 Å². The third kappa shape index (κ3) is 8.58. The molecule has 2 fully saturated rings. The van der Waals surface area contributed by atoms with Gasteiger partial charge in [-0.25, -0.2) is 0 Å². The summed E-state index contributed by atoms with van der Waals surface area (Å²) in [6.07, 6.45) is 9.35. The van der Waals surface area contributed by atoms with Crippen molar-refractivity contribution in [3.05, 3.63) is 59.7 Å². The standard InChI is InChI=1S/2C14H19NO2/c1-15-9-3-2-4-14(10-15)17-13-7-5-12(11-16)6-8-13;1-15-9-3-2-4-13(15)11-17-14-7-5-12(10-16)6-8-14/h5-8,11,14H,2-4,9-10H2,1H3;5-8,10,13H,2-4,9,11H2,1H3. The van der Waals surface area contributed by atoms with E-state index in [0.29, 0.717) is 17.2 Å². The lowest BCUT2D eigenvalue weighted by Crippen LogP contribution is -2.40. The summed E-state index contributed by atoms with van der Waals surface area (Å²) >= 11 is 0. The van der Waals surface area contributed by atoms with Gasteiger partial charge in [0.2, 0.25) is 0 Å². The number of rotatable bonds is 7. The largest absolute Gasteiger partial charge is 0.492 e. The highest BCUT2D eigenvalue weighted by atomic mass is 16.5. The lowest BCUT2D eigenvalue weighted by atomic mass is 10.0. The summed E-state index contributed by atoms with van der Waals surface area (Å²) in [5.74, 6) is 1.70. The molecule has 0 N–H and O–H groups in total. The van der Waals surface area contributed by atoms with Gasteiger partial charge in [0.25, 0.3) is 0 Å². The van der Waals surface area contributed by atoms with Gasteiger partial charge in [-0.05, 0) is 108 Å². The Morgan fingerprint density at radius 1 is 0.794 bits per heavy atom. The van der Waals surface area contributed by atoms with E-state index in [1.165, 1.54) is 32.1 Å². The zero-order chi connectivity index (χ0) is 24.2. The Morgan fingerprint density at radius 3 is 2.00 bits per heavy atom. The highest BCUT2D eigenvalue weighted by molar-refractivity contribution is 5.75. The first-order valence-corrected chi connectivity index (χ1v) is 12.4. The van der Waals surface area contributed by atoms with E-state index in [4.69, 9.17) is 9.47 Å². The van der Waals surface area contributed by atoms with Crippen LogP contribution < -0.4 is 9.47 Å². The fraction of sp³-hybridized carbons (Fsp3) is 0.500. The summed E-state index contributed by atoms with van der Waals surface area (Å²) < 4.78 is 11.7. The fourth-order valence-electron chi connectivity index (χ4n) is 4.39. The van der Waals surface area contributed by atoms with Gasteiger partial charge in [-0.2, -0.15) is 0 Å². The second kappa shape index (κ2) is 13.9. The summed E-state index contributed by atoms with van der Waals surface area (Å²) in [5, 5.41) is 0. The molecule has 0 aromatic heterocycles. The van der Waals surface area contributed by atoms with Gasteiger partial charge in [0.1, 0.15) is 36.8 Å². The molecule has 4 rings (SSSR count). The Bertz CT molecular complexity index is 869. The number of nitrogens with zero attached hydrogens (tertiary/aromatic N) is 2. The lowest BCUT2D eigenvalue weighted by molar-refractivity contribution is 0.111. The summed E-state index contributed by atoms with van der Waals surface area (Å²) in [6, 6.07) is 15.1. The molecule has 6 heteroatoms. The Morgan fingerprint density at radius 2 is 1.38 bits per heavy atom. The molecule has 2 aromatic carbocycles. The van der Waals surface area contributed by atoms with Gasteiger partial charge in [-0.15, -0.1) is 0 Å². The van der Waals surface area contributed by atoms with Crippen LogP contribution in [0, 0.1) is 0 Å². The number of benzene rings is 2. The second-order valence-electron chi connectivity index (χ2n) is 9.31. The Kier molecular flexibility index (Phi) is 10.6. The topological polar surface area (TPSA) is 59.1 Å². The van der Waals surface area contributed by atoms with Crippen molar-refractivity contribution in [1.82, 2.24) is 9.80 Å². The summed E-state index contributed by atoms with van der Waals surface area (Å²) in [5.41, 5.74) is 1.38. The van der Waals surface area contributed by atoms with Crippen LogP contribution in [0.2, 0.25) is 0 Å². The minimum atomic E-state index is 0.268. The number of aldehydes is 2. The highest BCUT2D eigenvalue weighted by Crippen LogP contribution is 2.19. The molecule has 0 aliphatic carbocycles. The van der Waals surface area contributed by atoms with E-state index in [-0.39, 0.29) is 6.10 Å². The average Bonchev–Trinajstić information content (AvgIpc) is 3.08. The van der Waals surface area contributed by atoms with Crippen LogP contribution in [-0.4, -0.2) is 74.9 Å². The van der Waals surface area contributed by atoms with Crippen molar-refractivity contribution in [3.8, 4) is 11.5 Å². The molecule has 2 aliphatic heterocycles. The number of piperidine rings is 1. The SMILES string of the molecule is CN1CCCCC(Oc2ccc(C=O)cc2)C1.CN1CCCCC1COc1ccc(C=O)cc1. The van der Waals surface area contributed by atoms with Gasteiger partial charge >= 0.3 is 0 Å². The normalized spacial score (nSPS) is 21.5. The molecule has 0 spiro atoms. The molecule has 0 saturated carbocycles. The number of likely N-dealkylation sites (N-methyl/N-ethyl adjacent to an activating group) is 2. The van der Waals surface area contributed by atoms with Crippen LogP contribution in [0.4, 0.5) is 0 Å². The number of carbonyl (C=O) groups is 2. The molecule has 2 aromatic rings. The van der Waals surface area contributed by atoms with Crippen molar-refractivity contribution in [1.29, 1.82) is 0 Å². The second-order valence-corrected chi connectivity index (χ2v) is 9.31. The van der Waals surface area contributed by atoms with Crippen LogP contribution >= 0.6 is 0 Å². The molecule has 34 heavy (non-hydrogen) atoms. The van der Waals surface area contributed by atoms with E-state index in [2.05, 4.69) is 23.9 Å². The first kappa shape index (κ1) is 25.9. The Hall–Kier alpha value is -2.70. The summed E-state index contributed by atoms with van der Waals surface area (Å²) in [4.78, 5) is 25.7. The number of ether oxygens (including phenoxy) is 2. The summed E-state index contributed by atoms with van der Waals surface area (Å²) in [6.45, 7) is 4.04. The van der Waals surface area contributed by atoms with E-state index >= 15 is 0 Å². The molecule has 6 nitrogen and oxygen atoms in total. The molecule has 2 aliphatic rings. The van der Waals surface area contributed by atoms with Gasteiger partial charge in [-0.3, -0.25) is 9.59 Å². The highest BCUT2D eigenvalue weighted by Gasteiger charge is 2.19. The molecule has 2 saturated heterocycles. The molecule has 0 radical (unpaired) electrons. The molecule has 2 unspecified atom stereocenters. The third-order valence-corrected chi connectivity index (χ3v) is 6.53. The number of likely N-dealkylation sites (tertiary alicyclic amines) is 2. The maximum absolute atomic E-state index is 10.5. The molecular formula is C28H38N2O4. The maximum Gasteiger partial charge on any atom is 0.150 e. The van der Waals surface area contributed by atoms with E-state index < -0.39 is 0 Å². The number of carbonyl (C=O) groups excluding carboxylic acids is 2. The van der Waals surface area contributed by atoms with Gasteiger partial charge in [-0.1, -0.05) is 6.42 Å². The molecular weight excluding hydrogens is 428 g/mol. The summed E-state index contributed by atoms with van der Waals surface area (Å²) in [7, 11) is 4.29. The third-order valence-electron chi connectivity index (χ3n) is 6.53. The maximum atomic E-state index is 10.5. The average molecular weight is 467 g/mol. The van der Waals surface area contributed by atoms with Crippen molar-refractivity contribution in [3.63, 3.8) is 0 Å². The van der Waals surface area contributed by atoms with Crippen molar-refractivity contribution in [2.75, 3.05) is 40.3 Å². The predicted octanol–water partition coefficient (Wildman–Crippen LogP) is 4.72. The minimum Gasteiger partial charge on any atom is -0.492 e. The van der Waals surface area contributed by atoms with Crippen LogP contribution in [0.15, 0.2) is 48.5 Å². The quantitative estimate of drug-likeness (QED) is 0.550. The molecule has 2 heterocycles. The van der Waals surface area contributed by atoms with Crippen molar-refractivity contribution >= 4 is 12.6 Å². The van der Waals surface area contributed by atoms with E-state index in [1.54, 1.807) is 24.3 Å². The van der Waals surface area contributed by atoms with Gasteiger partial charge < -0.3 is 19.3 Å². The van der Waals surface area contributed by atoms with Crippen LogP contribution in [0.1, 0.15) is 59.2 Å². The monoisotopic (exact) mass is 466 g/mol. The van der Waals surface area contributed by atoms with Crippen molar-refractivity contribution < 1.29 is 19.1 Å². The van der Waals surface area contributed by atoms with E-state index in [9.17, 15) is 9.59 Å². The lowest BCUT2D eigenvalue weighted by Gasteiger charge is -2.32. The minimum absolute atomic E-state index is 0.268. The molecule has 184 valence electrons.